The van der Waals surface area contributed by atoms with Crippen LogP contribution in [0.25, 0.3) is 0 Å². The van der Waals surface area contributed by atoms with Gasteiger partial charge < -0.3 is 9.46 Å². The smallest absolute Gasteiger partial charge is 0.777 e. The zero-order valence-corrected chi connectivity index (χ0v) is 8.77. The Morgan fingerprint density at radius 1 is 1.78 bits per heavy atom. The van der Waals surface area contributed by atoms with Gasteiger partial charge in [-0.1, -0.05) is 6.92 Å². The van der Waals surface area contributed by atoms with Crippen LogP contribution < -0.4 is 39.9 Å². The summed E-state index contributed by atoms with van der Waals surface area (Å²) in [5.41, 5.74) is 2.08. The minimum atomic E-state index is -3.53. The third-order valence-corrected chi connectivity index (χ3v) is 1.85. The van der Waals surface area contributed by atoms with Crippen molar-refractivity contribution in [3.05, 3.63) is 0 Å². The molecule has 0 aliphatic heterocycles. The standard InChI is InChI=1S/C3H10NO3P.Na/c1-3-8(5,6)7-4-2;/h4H,3H2,1-2H3,(H,5,6);/q;+1/p-1. The maximum absolute atomic E-state index is 10.3. The van der Waals surface area contributed by atoms with Crippen LogP contribution in [-0.2, 0) is 9.19 Å². The molecule has 0 saturated heterocycles. The van der Waals surface area contributed by atoms with Gasteiger partial charge in [-0.15, -0.1) is 0 Å². The van der Waals surface area contributed by atoms with Gasteiger partial charge >= 0.3 is 29.6 Å². The van der Waals surface area contributed by atoms with Crippen molar-refractivity contribution in [2.45, 2.75) is 6.92 Å². The molecule has 0 saturated carbocycles. The molecule has 6 heteroatoms. The number of hydrogen-bond acceptors (Lipinski definition) is 4. The maximum Gasteiger partial charge on any atom is 1.00 e. The number of hydrogen-bond donors (Lipinski definition) is 1. The SMILES string of the molecule is CCP(=O)([O-])ONC.[Na+]. The zero-order chi connectivity index (χ0) is 6.62. The summed E-state index contributed by atoms with van der Waals surface area (Å²) in [6, 6.07) is 0. The molecule has 0 amide bonds. The van der Waals surface area contributed by atoms with E-state index in [-0.39, 0.29) is 35.7 Å². The summed E-state index contributed by atoms with van der Waals surface area (Å²) in [4.78, 5) is 10.3. The average molecular weight is 161 g/mol. The third kappa shape index (κ3) is 7.00. The molecule has 0 aliphatic rings. The summed E-state index contributed by atoms with van der Waals surface area (Å²) >= 11 is 0. The molecule has 50 valence electrons. The number of hydroxylamine groups is 1. The van der Waals surface area contributed by atoms with Crippen LogP contribution in [0.3, 0.4) is 0 Å². The molecule has 9 heavy (non-hydrogen) atoms. The maximum atomic E-state index is 10.3. The van der Waals surface area contributed by atoms with Crippen LogP contribution in [0, 0.1) is 0 Å². The van der Waals surface area contributed by atoms with Gasteiger partial charge in [0.1, 0.15) is 0 Å². The van der Waals surface area contributed by atoms with E-state index in [1.807, 2.05) is 0 Å². The van der Waals surface area contributed by atoms with Crippen LogP contribution in [0.5, 0.6) is 0 Å². The van der Waals surface area contributed by atoms with Crippen LogP contribution in [-0.4, -0.2) is 13.2 Å². The Morgan fingerprint density at radius 3 is 2.33 bits per heavy atom. The van der Waals surface area contributed by atoms with Gasteiger partial charge in [0.25, 0.3) is 0 Å². The van der Waals surface area contributed by atoms with E-state index in [2.05, 4.69) is 10.1 Å². The second-order valence-electron chi connectivity index (χ2n) is 1.22. The minimum Gasteiger partial charge on any atom is -0.777 e. The van der Waals surface area contributed by atoms with Crippen LogP contribution in [0.1, 0.15) is 6.92 Å². The van der Waals surface area contributed by atoms with E-state index < -0.39 is 7.60 Å². The second kappa shape index (κ2) is 5.86. The molecule has 0 heterocycles. The van der Waals surface area contributed by atoms with Gasteiger partial charge in [0, 0.05) is 13.2 Å². The van der Waals surface area contributed by atoms with E-state index in [0.717, 1.165) is 0 Å². The topological polar surface area (TPSA) is 61.4 Å². The van der Waals surface area contributed by atoms with Crippen LogP contribution in [0.15, 0.2) is 0 Å². The summed E-state index contributed by atoms with van der Waals surface area (Å²) in [5.74, 6) is 0. The molecule has 0 bridgehead atoms. The van der Waals surface area contributed by atoms with Crippen molar-refractivity contribution in [2.75, 3.05) is 13.2 Å². The Kier molecular flexibility index (Phi) is 8.31. The van der Waals surface area contributed by atoms with Crippen molar-refractivity contribution in [1.82, 2.24) is 5.48 Å². The Bertz CT molecular complexity index is 109. The molecule has 4 nitrogen and oxygen atoms in total. The molecule has 0 fully saturated rings. The molecule has 0 aromatic carbocycles. The Hall–Kier alpha value is 1.11. The summed E-state index contributed by atoms with van der Waals surface area (Å²) in [7, 11) is -2.13. The fraction of sp³-hybridized carbons (Fsp3) is 1.00. The van der Waals surface area contributed by atoms with Crippen LogP contribution >= 0.6 is 7.60 Å². The molecular formula is C3H9NNaO3P. The van der Waals surface area contributed by atoms with E-state index in [0.29, 0.717) is 0 Å². The van der Waals surface area contributed by atoms with Gasteiger partial charge in [-0.05, 0) is 0 Å². The van der Waals surface area contributed by atoms with Crippen LogP contribution in [0.2, 0.25) is 0 Å². The van der Waals surface area contributed by atoms with Gasteiger partial charge in [-0.2, -0.15) is 5.48 Å². The number of rotatable bonds is 3. The summed E-state index contributed by atoms with van der Waals surface area (Å²) in [6.07, 6.45) is 0.0217. The van der Waals surface area contributed by atoms with Crippen molar-refractivity contribution in [3.8, 4) is 0 Å². The fourth-order valence-electron chi connectivity index (χ4n) is 0.204. The van der Waals surface area contributed by atoms with Crippen molar-refractivity contribution in [1.29, 1.82) is 0 Å². The molecule has 0 aromatic rings. The summed E-state index contributed by atoms with van der Waals surface area (Å²) in [5, 5.41) is 0. The minimum absolute atomic E-state index is 0. The first-order valence-corrected chi connectivity index (χ1v) is 4.00. The van der Waals surface area contributed by atoms with Gasteiger partial charge in [-0.25, -0.2) is 0 Å². The van der Waals surface area contributed by atoms with E-state index in [4.69, 9.17) is 0 Å². The van der Waals surface area contributed by atoms with Gasteiger partial charge in [-0.3, -0.25) is 4.62 Å². The predicted molar refractivity (Wildman–Crippen MR) is 28.3 cm³/mol. The van der Waals surface area contributed by atoms with Crippen LogP contribution in [0.4, 0.5) is 0 Å². The number of nitrogens with one attached hydrogen (secondary N) is 1. The van der Waals surface area contributed by atoms with Gasteiger partial charge in [0.15, 0.2) is 7.60 Å². The quantitative estimate of drug-likeness (QED) is 0.268. The molecule has 0 rings (SSSR count). The first-order chi connectivity index (χ1) is 3.62. The Labute approximate surface area is 76.8 Å². The van der Waals surface area contributed by atoms with E-state index in [9.17, 15) is 9.46 Å². The second-order valence-corrected chi connectivity index (χ2v) is 3.26. The molecule has 1 N–H and O–H groups in total. The Morgan fingerprint density at radius 2 is 2.22 bits per heavy atom. The first-order valence-electron chi connectivity index (χ1n) is 2.28. The Balaban J connectivity index is 0. The molecule has 0 spiro atoms. The molecular weight excluding hydrogens is 152 g/mol. The monoisotopic (exact) mass is 161 g/mol. The predicted octanol–water partition coefficient (Wildman–Crippen LogP) is -3.29. The molecule has 1 unspecified atom stereocenters. The van der Waals surface area contributed by atoms with Crippen molar-refractivity contribution < 1.29 is 43.6 Å². The third-order valence-electron chi connectivity index (χ3n) is 0.618. The summed E-state index contributed by atoms with van der Waals surface area (Å²) < 4.78 is 14.5. The van der Waals surface area contributed by atoms with E-state index in [1.165, 1.54) is 14.0 Å². The van der Waals surface area contributed by atoms with Crippen molar-refractivity contribution in [3.63, 3.8) is 0 Å². The zero-order valence-electron chi connectivity index (χ0n) is 5.88. The van der Waals surface area contributed by atoms with E-state index >= 15 is 0 Å². The largest absolute Gasteiger partial charge is 1.00 e. The molecule has 0 radical (unpaired) electrons. The first kappa shape index (κ1) is 12.8. The normalized spacial score (nSPS) is 15.9. The molecule has 1 atom stereocenters. The molecule has 0 aromatic heterocycles. The average Bonchev–Trinajstić information content (AvgIpc) is 1.67. The molecule has 0 aliphatic carbocycles. The van der Waals surface area contributed by atoms with Crippen molar-refractivity contribution in [2.24, 2.45) is 0 Å². The van der Waals surface area contributed by atoms with E-state index in [1.54, 1.807) is 0 Å². The summed E-state index contributed by atoms with van der Waals surface area (Å²) in [6.45, 7) is 1.52. The van der Waals surface area contributed by atoms with Gasteiger partial charge in [0.2, 0.25) is 0 Å². The van der Waals surface area contributed by atoms with Gasteiger partial charge in [0.05, 0.1) is 0 Å². The fourth-order valence-corrected chi connectivity index (χ4v) is 0.611. The van der Waals surface area contributed by atoms with Crippen molar-refractivity contribution >= 4 is 7.60 Å².